The Kier molecular flexibility index (Phi) is 1.38. The molecule has 2 nitrogen and oxygen atoms in total. The number of rotatable bonds is 0. The highest BCUT2D eigenvalue weighted by atomic mass is 32.2. The largest absolute Gasteiger partial charge is 0.257 e. The van der Waals surface area contributed by atoms with Crippen molar-refractivity contribution in [3.8, 4) is 0 Å². The van der Waals surface area contributed by atoms with Crippen LogP contribution < -0.4 is 0 Å². The van der Waals surface area contributed by atoms with Crippen LogP contribution in [0.2, 0.25) is 0 Å². The fraction of sp³-hybridized carbons (Fsp3) is 0.429. The Morgan fingerprint density at radius 2 is 2.30 bits per heavy atom. The molecular weight excluding hydrogens is 144 g/mol. The fourth-order valence-electron chi connectivity index (χ4n) is 1.10. The zero-order valence-corrected chi connectivity index (χ0v) is 6.56. The average Bonchev–Trinajstić information content (AvgIpc) is 2.27. The minimum absolute atomic E-state index is 0.664. The van der Waals surface area contributed by atoms with Gasteiger partial charge in [0.1, 0.15) is 5.03 Å². The third kappa shape index (κ3) is 0.904. The second-order valence-corrected chi connectivity index (χ2v) is 3.87. The quantitative estimate of drug-likeness (QED) is 0.563. The molecule has 0 aromatic carbocycles. The first-order chi connectivity index (χ1) is 4.86. The van der Waals surface area contributed by atoms with E-state index in [0.717, 1.165) is 11.4 Å². The molecule has 0 radical (unpaired) electrons. The Morgan fingerprint density at radius 3 is 3.10 bits per heavy atom. The summed E-state index contributed by atoms with van der Waals surface area (Å²) in [5.74, 6) is 0. The lowest BCUT2D eigenvalue weighted by Gasteiger charge is -1.92. The van der Waals surface area contributed by atoms with E-state index >= 15 is 0 Å². The zero-order chi connectivity index (χ0) is 6.97. The van der Waals surface area contributed by atoms with Gasteiger partial charge in [0.25, 0.3) is 0 Å². The summed E-state index contributed by atoms with van der Waals surface area (Å²) in [6.07, 6.45) is 4.59. The van der Waals surface area contributed by atoms with E-state index in [9.17, 15) is 0 Å². The molecule has 1 aliphatic heterocycles. The second-order valence-electron chi connectivity index (χ2n) is 2.44. The van der Waals surface area contributed by atoms with Crippen LogP contribution in [0.1, 0.15) is 12.6 Å². The van der Waals surface area contributed by atoms with Crippen molar-refractivity contribution in [2.24, 2.45) is 0 Å². The first-order valence-corrected chi connectivity index (χ1v) is 4.21. The van der Waals surface area contributed by atoms with Gasteiger partial charge in [0.05, 0.1) is 5.69 Å². The molecule has 1 atom stereocenters. The third-order valence-electron chi connectivity index (χ3n) is 1.53. The van der Waals surface area contributed by atoms with Crippen LogP contribution in [0.25, 0.3) is 0 Å². The number of thioether (sulfide) groups is 1. The van der Waals surface area contributed by atoms with E-state index in [1.807, 2.05) is 11.8 Å². The predicted octanol–water partition coefficient (Wildman–Crippen LogP) is 1.51. The van der Waals surface area contributed by atoms with Crippen LogP contribution >= 0.6 is 11.8 Å². The van der Waals surface area contributed by atoms with Gasteiger partial charge in [-0.1, -0.05) is 6.92 Å². The van der Waals surface area contributed by atoms with Crippen molar-refractivity contribution < 1.29 is 0 Å². The van der Waals surface area contributed by atoms with Gasteiger partial charge in [-0.25, -0.2) is 4.98 Å². The number of fused-ring (bicyclic) bond motifs is 1. The van der Waals surface area contributed by atoms with Crippen molar-refractivity contribution in [2.45, 2.75) is 23.6 Å². The van der Waals surface area contributed by atoms with Crippen molar-refractivity contribution in [1.29, 1.82) is 0 Å². The Balaban J connectivity index is 2.42. The van der Waals surface area contributed by atoms with Crippen molar-refractivity contribution in [3.05, 3.63) is 18.1 Å². The van der Waals surface area contributed by atoms with E-state index < -0.39 is 0 Å². The number of hydrogen-bond donors (Lipinski definition) is 0. The lowest BCUT2D eigenvalue weighted by atomic mass is 10.3. The molecule has 10 heavy (non-hydrogen) atoms. The highest BCUT2D eigenvalue weighted by Gasteiger charge is 2.19. The summed E-state index contributed by atoms with van der Waals surface area (Å²) in [5.41, 5.74) is 1.17. The highest BCUT2D eigenvalue weighted by Crippen LogP contribution is 2.32. The molecule has 2 rings (SSSR count). The summed E-state index contributed by atoms with van der Waals surface area (Å²) in [4.78, 5) is 8.44. The zero-order valence-electron chi connectivity index (χ0n) is 5.74. The molecule has 1 aromatic heterocycles. The molecule has 3 heteroatoms. The van der Waals surface area contributed by atoms with Gasteiger partial charge in [-0.2, -0.15) is 0 Å². The lowest BCUT2D eigenvalue weighted by molar-refractivity contribution is 0.884. The number of aromatic nitrogens is 2. The summed E-state index contributed by atoms with van der Waals surface area (Å²) < 4.78 is 0. The highest BCUT2D eigenvalue weighted by molar-refractivity contribution is 8.00. The average molecular weight is 152 g/mol. The topological polar surface area (TPSA) is 25.8 Å². The minimum Gasteiger partial charge on any atom is -0.257 e. The van der Waals surface area contributed by atoms with Crippen molar-refractivity contribution in [1.82, 2.24) is 9.97 Å². The standard InChI is InChI=1S/C7H8N2S/c1-5-4-6-7(10-5)9-3-2-8-6/h2-3,5H,4H2,1H3. The first-order valence-electron chi connectivity index (χ1n) is 3.33. The molecule has 1 aliphatic rings. The maximum atomic E-state index is 4.23. The van der Waals surface area contributed by atoms with Crippen molar-refractivity contribution in [3.63, 3.8) is 0 Å². The molecule has 2 heterocycles. The number of nitrogens with zero attached hydrogens (tertiary/aromatic N) is 2. The Bertz CT molecular complexity index is 224. The third-order valence-corrected chi connectivity index (χ3v) is 2.66. The molecule has 1 unspecified atom stereocenters. The molecule has 0 amide bonds. The SMILES string of the molecule is CC1Cc2nccnc2S1. The molecule has 0 saturated heterocycles. The van der Waals surface area contributed by atoms with Gasteiger partial charge in [-0.3, -0.25) is 4.98 Å². The van der Waals surface area contributed by atoms with Crippen molar-refractivity contribution >= 4 is 11.8 Å². The van der Waals surface area contributed by atoms with E-state index in [1.165, 1.54) is 5.69 Å². The van der Waals surface area contributed by atoms with Crippen LogP contribution in [0.3, 0.4) is 0 Å². The molecule has 0 fully saturated rings. The van der Waals surface area contributed by atoms with E-state index in [0.29, 0.717) is 5.25 Å². The van der Waals surface area contributed by atoms with Gasteiger partial charge in [0.2, 0.25) is 0 Å². The first kappa shape index (κ1) is 6.16. The predicted molar refractivity (Wildman–Crippen MR) is 41.1 cm³/mol. The molecule has 0 bridgehead atoms. The van der Waals surface area contributed by atoms with E-state index in [4.69, 9.17) is 0 Å². The summed E-state index contributed by atoms with van der Waals surface area (Å²) >= 11 is 1.82. The van der Waals surface area contributed by atoms with Crippen LogP contribution in [0, 0.1) is 0 Å². The minimum atomic E-state index is 0.664. The summed E-state index contributed by atoms with van der Waals surface area (Å²) in [5, 5.41) is 1.78. The van der Waals surface area contributed by atoms with Crippen LogP contribution in [-0.2, 0) is 6.42 Å². The normalized spacial score (nSPS) is 22.7. The second kappa shape index (κ2) is 2.23. The molecular formula is C7H8N2S. The van der Waals surface area contributed by atoms with Crippen molar-refractivity contribution in [2.75, 3.05) is 0 Å². The van der Waals surface area contributed by atoms with Gasteiger partial charge in [-0.15, -0.1) is 11.8 Å². The van der Waals surface area contributed by atoms with Gasteiger partial charge < -0.3 is 0 Å². The summed E-state index contributed by atoms with van der Waals surface area (Å²) in [7, 11) is 0. The maximum Gasteiger partial charge on any atom is 0.118 e. The Morgan fingerprint density at radius 1 is 1.50 bits per heavy atom. The maximum absolute atomic E-state index is 4.23. The Hall–Kier alpha value is -0.570. The monoisotopic (exact) mass is 152 g/mol. The molecule has 0 saturated carbocycles. The summed E-state index contributed by atoms with van der Waals surface area (Å²) in [6, 6.07) is 0. The van der Waals surface area contributed by atoms with Gasteiger partial charge in [0.15, 0.2) is 0 Å². The van der Waals surface area contributed by atoms with Gasteiger partial charge in [0, 0.05) is 24.1 Å². The van der Waals surface area contributed by atoms with E-state index in [2.05, 4.69) is 16.9 Å². The van der Waals surface area contributed by atoms with Crippen LogP contribution in [0.15, 0.2) is 17.4 Å². The fourth-order valence-corrected chi connectivity index (χ4v) is 2.11. The van der Waals surface area contributed by atoms with Gasteiger partial charge >= 0.3 is 0 Å². The molecule has 1 aromatic rings. The molecule has 0 aliphatic carbocycles. The van der Waals surface area contributed by atoms with Crippen LogP contribution in [-0.4, -0.2) is 15.2 Å². The Labute approximate surface area is 64.1 Å². The molecule has 0 N–H and O–H groups in total. The smallest absolute Gasteiger partial charge is 0.118 e. The lowest BCUT2D eigenvalue weighted by Crippen LogP contribution is -1.92. The van der Waals surface area contributed by atoms with E-state index in [1.54, 1.807) is 12.4 Å². The molecule has 52 valence electrons. The molecule has 0 spiro atoms. The van der Waals surface area contributed by atoms with Crippen LogP contribution in [0.4, 0.5) is 0 Å². The summed E-state index contributed by atoms with van der Waals surface area (Å²) in [6.45, 7) is 2.20. The number of hydrogen-bond acceptors (Lipinski definition) is 3. The van der Waals surface area contributed by atoms with E-state index in [-0.39, 0.29) is 0 Å². The van der Waals surface area contributed by atoms with Gasteiger partial charge in [-0.05, 0) is 0 Å². The van der Waals surface area contributed by atoms with Crippen LogP contribution in [0.5, 0.6) is 0 Å².